The number of alkyl halides is 1. The molecule has 0 unspecified atom stereocenters. The van der Waals surface area contributed by atoms with Crippen LogP contribution >= 0.6 is 51.7 Å². The first kappa shape index (κ1) is 29.5. The molecular weight excluding hydrogens is 538 g/mol. The summed E-state index contributed by atoms with van der Waals surface area (Å²) < 4.78 is 23.4. The number of nitrogen functional groups attached to an aromatic ring is 1. The Bertz CT molecular complexity index is 935. The van der Waals surface area contributed by atoms with E-state index in [4.69, 9.17) is 19.3 Å². The number of thiocarbonyl (C=S) groups is 1. The number of nitrogens with one attached hydrogen (secondary N) is 1. The number of aromatic nitrogens is 1. The van der Waals surface area contributed by atoms with Crippen LogP contribution in [-0.4, -0.2) is 23.1 Å². The molecule has 3 rings (SSSR count). The number of H-pyrrole nitrogens is 1. The Hall–Kier alpha value is 0.506. The summed E-state index contributed by atoms with van der Waals surface area (Å²) in [5, 5.41) is 0. The van der Waals surface area contributed by atoms with Gasteiger partial charge in [0.15, 0.2) is 3.95 Å². The van der Waals surface area contributed by atoms with Crippen molar-refractivity contribution in [3.05, 3.63) is 56.0 Å². The van der Waals surface area contributed by atoms with Gasteiger partial charge in [0.05, 0.1) is 25.3 Å². The van der Waals surface area contributed by atoms with Crippen molar-refractivity contribution in [2.75, 3.05) is 19.5 Å². The van der Waals surface area contributed by atoms with Crippen LogP contribution in [-0.2, 0) is 17.4 Å². The van der Waals surface area contributed by atoms with Crippen molar-refractivity contribution in [3.8, 4) is 0 Å². The van der Waals surface area contributed by atoms with E-state index in [1.165, 1.54) is 15.8 Å². The Balaban J connectivity index is 0. The van der Waals surface area contributed by atoms with Crippen LogP contribution in [0.25, 0.3) is 10.2 Å². The zero-order chi connectivity index (χ0) is 22.4. The van der Waals surface area contributed by atoms with Gasteiger partial charge >= 0.3 is 51.4 Å². The minimum absolute atomic E-state index is 0. The van der Waals surface area contributed by atoms with Crippen LogP contribution in [0.1, 0.15) is 19.4 Å². The quantitative estimate of drug-likeness (QED) is 0.203. The van der Waals surface area contributed by atoms with Gasteiger partial charge in [-0.15, -0.1) is 11.3 Å². The first-order valence-electron chi connectivity index (χ1n) is 8.66. The summed E-state index contributed by atoms with van der Waals surface area (Å²) in [6, 6.07) is 12.0. The van der Waals surface area contributed by atoms with Crippen LogP contribution in [0.15, 0.2) is 40.9 Å². The smallest absolute Gasteiger partial charge is 0.514 e. The number of hydrogen-bond acceptors (Lipinski definition) is 6. The molecule has 0 atom stereocenters. The first-order chi connectivity index (χ1) is 13.7. The van der Waals surface area contributed by atoms with Gasteiger partial charge in [-0.1, -0.05) is 24.3 Å². The minimum atomic E-state index is -1.00. The van der Waals surface area contributed by atoms with Crippen molar-refractivity contribution in [3.63, 3.8) is 0 Å². The van der Waals surface area contributed by atoms with Crippen molar-refractivity contribution < 1.29 is 61.9 Å². The third-order valence-electron chi connectivity index (χ3n) is 3.13. The molecule has 154 valence electrons. The molecule has 2 aromatic carbocycles. The largest absolute Gasteiger partial charge is 1.00 e. The van der Waals surface area contributed by atoms with Crippen molar-refractivity contribution in [1.29, 1.82) is 0 Å². The average Bonchev–Trinajstić information content (AvgIpc) is 3.03. The summed E-state index contributed by atoms with van der Waals surface area (Å²) in [4.78, 5) is 3.13. The van der Waals surface area contributed by atoms with Crippen LogP contribution in [0, 0.1) is 17.8 Å². The molecule has 0 radical (unpaired) electrons. The Kier molecular flexibility index (Phi) is 18.4. The molecule has 0 amide bonds. The van der Waals surface area contributed by atoms with E-state index in [0.29, 0.717) is 6.61 Å². The molecule has 0 aliphatic rings. The van der Waals surface area contributed by atoms with Gasteiger partial charge in [0.25, 0.3) is 0 Å². The molecule has 0 aliphatic carbocycles. The maximum Gasteiger partial charge on any atom is 1.00 e. The maximum absolute atomic E-state index is 9.96. The molecule has 3 nitrogen and oxygen atoms in total. The van der Waals surface area contributed by atoms with E-state index < -0.39 is 7.15 Å². The molecule has 10 heteroatoms. The van der Waals surface area contributed by atoms with E-state index >= 15 is 0 Å². The topological polar surface area (TPSA) is 51.0 Å². The van der Waals surface area contributed by atoms with Gasteiger partial charge in [-0.05, 0) is 72.2 Å². The zero-order valence-corrected chi connectivity index (χ0v) is 24.7. The molecule has 0 bridgehead atoms. The van der Waals surface area contributed by atoms with Gasteiger partial charge in [0.2, 0.25) is 0 Å². The number of benzene rings is 2. The molecule has 0 spiro atoms. The average molecular weight is 563 g/mol. The van der Waals surface area contributed by atoms with Crippen LogP contribution in [0.3, 0.4) is 0 Å². The van der Waals surface area contributed by atoms with Crippen molar-refractivity contribution in [1.82, 2.24) is 4.98 Å². The minimum Gasteiger partial charge on any atom is -0.514 e. The van der Waals surface area contributed by atoms with Crippen molar-refractivity contribution in [2.24, 2.45) is 0 Å². The summed E-state index contributed by atoms with van der Waals surface area (Å²) in [6.45, 7) is 6.54. The molecule has 3 aromatic rings. The number of aromatic amines is 1. The number of fused-ring (bicyclic) bond motifs is 1. The summed E-state index contributed by atoms with van der Waals surface area (Å²) in [6.07, 6.45) is 0. The number of nitrogens with two attached hydrogens (primary N) is 1. The standard InChI is InChI=1S/C8H7NS2.C7H8BrN.C3H6OS2.CH3F.K/c1-5-3-2-4-6-7(5)11-8(10)9-6;1-5-3-2-4-6(9)7(5)8;1-2-4-3(5)6;1-2;/h2-4H,1H3,(H,9,10);2-4H,9H2,1H3;2H2,1H3,(H,5,6);1H3;/q;;;;+1/p-1/i;;;1D;. The molecule has 1 heterocycles. The molecule has 3 N–H and O–H groups in total. The molecule has 29 heavy (non-hydrogen) atoms. The number of rotatable bonds is 1. The van der Waals surface area contributed by atoms with Gasteiger partial charge < -0.3 is 40.3 Å². The third kappa shape index (κ3) is 12.8. The molecule has 0 saturated heterocycles. The Labute approximate surface area is 244 Å². The van der Waals surface area contributed by atoms with Gasteiger partial charge in [-0.3, -0.25) is 4.39 Å². The summed E-state index contributed by atoms with van der Waals surface area (Å²) in [5.74, 6) is 0. The second-order valence-electron chi connectivity index (χ2n) is 5.13. The first-order valence-corrected chi connectivity index (χ1v) is 10.8. The number of halogens is 2. The number of thiazole rings is 1. The Morgan fingerprint density at radius 2 is 1.86 bits per heavy atom. The second-order valence-corrected chi connectivity index (χ2v) is 8.61. The predicted molar refractivity (Wildman–Crippen MR) is 134 cm³/mol. The SMILES string of the molecule is CCOC(=S)[S-].Cc1cccc(N)c1Br.Cc1cccc2[nH]c(=S)sc12.[2H]CF.[K+]. The maximum atomic E-state index is 9.96. The van der Waals surface area contributed by atoms with Crippen LogP contribution in [0.2, 0.25) is 0 Å². The molecule has 1 aromatic heterocycles. The normalized spacial score (nSPS) is 9.21. The number of ether oxygens (including phenoxy) is 1. The van der Waals surface area contributed by atoms with E-state index in [1.54, 1.807) is 11.3 Å². The van der Waals surface area contributed by atoms with E-state index in [9.17, 15) is 4.39 Å². The van der Waals surface area contributed by atoms with Crippen LogP contribution in [0.4, 0.5) is 10.1 Å². The summed E-state index contributed by atoms with van der Waals surface area (Å²) in [7, 11) is -1.00. The van der Waals surface area contributed by atoms with Gasteiger partial charge in [0.1, 0.15) is 0 Å². The zero-order valence-electron chi connectivity index (χ0n) is 17.8. The van der Waals surface area contributed by atoms with Crippen molar-refractivity contribution >= 4 is 84.6 Å². The molecule has 0 aliphatic heterocycles. The molecule has 0 saturated carbocycles. The fourth-order valence-corrected chi connectivity index (χ4v) is 3.57. The number of aryl methyl sites for hydroxylation is 2. The second kappa shape index (κ2) is 18.1. The Morgan fingerprint density at radius 1 is 1.31 bits per heavy atom. The number of hydrogen-bond donors (Lipinski definition) is 2. The third-order valence-corrected chi connectivity index (χ3v) is 5.83. The van der Waals surface area contributed by atoms with Gasteiger partial charge in [0, 0.05) is 14.5 Å². The fourth-order valence-electron chi connectivity index (χ4n) is 1.90. The number of anilines is 1. The van der Waals surface area contributed by atoms with E-state index in [1.807, 2.05) is 38.1 Å². The summed E-state index contributed by atoms with van der Waals surface area (Å²) >= 11 is 18.8. The van der Waals surface area contributed by atoms with E-state index in [2.05, 4.69) is 69.6 Å². The van der Waals surface area contributed by atoms with Gasteiger partial charge in [-0.25, -0.2) is 0 Å². The van der Waals surface area contributed by atoms with Gasteiger partial charge in [-0.2, -0.15) is 0 Å². The van der Waals surface area contributed by atoms with E-state index in [-0.39, 0.29) is 55.8 Å². The van der Waals surface area contributed by atoms with Crippen LogP contribution in [0.5, 0.6) is 0 Å². The fraction of sp³-hybridized carbons (Fsp3) is 0.263. The van der Waals surface area contributed by atoms with Crippen molar-refractivity contribution in [2.45, 2.75) is 20.8 Å². The summed E-state index contributed by atoms with van der Waals surface area (Å²) in [5.41, 5.74) is 9.99. The Morgan fingerprint density at radius 3 is 2.28 bits per heavy atom. The van der Waals surface area contributed by atoms with Crippen LogP contribution < -0.4 is 57.1 Å². The predicted octanol–water partition coefficient (Wildman–Crippen LogP) is 4.05. The monoisotopic (exact) mass is 561 g/mol. The molecule has 0 fully saturated rings. The van der Waals surface area contributed by atoms with E-state index in [0.717, 1.165) is 19.6 Å². The molecular formula is C19H23BrFKN2OS4.